The molecule has 0 bridgehead atoms. The van der Waals surface area contributed by atoms with Gasteiger partial charge in [0.25, 0.3) is 5.56 Å². The molecular formula is C15H12F3N5O2. The Hall–Kier alpha value is -3.14. The molecule has 0 aliphatic carbocycles. The maximum Gasteiger partial charge on any atom is 0.433 e. The SMILES string of the molecule is Cn1c(=O)n(C[C@@H](C#N)CCC#N)c(=O)c2ccc(C(F)(F)F)nc21. The Morgan fingerprint density at radius 1 is 1.28 bits per heavy atom. The summed E-state index contributed by atoms with van der Waals surface area (Å²) in [5.74, 6) is -0.745. The molecule has 0 aliphatic heterocycles. The molecule has 25 heavy (non-hydrogen) atoms. The first-order chi connectivity index (χ1) is 11.7. The van der Waals surface area contributed by atoms with Crippen LogP contribution in [0.1, 0.15) is 18.5 Å². The number of fused-ring (bicyclic) bond motifs is 1. The zero-order valence-corrected chi connectivity index (χ0v) is 13.0. The summed E-state index contributed by atoms with van der Waals surface area (Å²) < 4.78 is 39.9. The van der Waals surface area contributed by atoms with Gasteiger partial charge in [-0.05, 0) is 18.6 Å². The largest absolute Gasteiger partial charge is 0.433 e. The first kappa shape index (κ1) is 18.2. The van der Waals surface area contributed by atoms with Crippen molar-refractivity contribution in [3.8, 4) is 12.1 Å². The van der Waals surface area contributed by atoms with Crippen LogP contribution in [0.2, 0.25) is 0 Å². The number of aryl methyl sites for hydroxylation is 1. The first-order valence-corrected chi connectivity index (χ1v) is 7.15. The summed E-state index contributed by atoms with van der Waals surface area (Å²) in [5, 5.41) is 17.5. The number of halogens is 3. The van der Waals surface area contributed by atoms with Gasteiger partial charge in [-0.25, -0.2) is 9.78 Å². The Morgan fingerprint density at radius 3 is 2.52 bits per heavy atom. The van der Waals surface area contributed by atoms with Gasteiger partial charge in [0.1, 0.15) is 11.3 Å². The molecule has 2 aromatic rings. The van der Waals surface area contributed by atoms with Crippen molar-refractivity contribution in [2.45, 2.75) is 25.6 Å². The highest BCUT2D eigenvalue weighted by Crippen LogP contribution is 2.28. The van der Waals surface area contributed by atoms with E-state index in [2.05, 4.69) is 4.98 Å². The summed E-state index contributed by atoms with van der Waals surface area (Å²) in [6.45, 7) is -0.249. The van der Waals surface area contributed by atoms with Gasteiger partial charge in [-0.15, -0.1) is 0 Å². The molecule has 0 saturated heterocycles. The minimum absolute atomic E-state index is 0.0807. The Labute approximate surface area is 139 Å². The number of aromatic nitrogens is 3. The summed E-state index contributed by atoms with van der Waals surface area (Å²) in [6, 6.07) is 5.40. The van der Waals surface area contributed by atoms with Gasteiger partial charge in [-0.1, -0.05) is 0 Å². The van der Waals surface area contributed by atoms with Crippen LogP contribution in [-0.4, -0.2) is 14.1 Å². The standard InChI is InChI=1S/C15H12F3N5O2/c1-22-12-10(4-5-11(21-12)15(16,17)18)13(24)23(14(22)25)8-9(7-20)3-2-6-19/h4-5,9H,2-3,8H2,1H3/t9-/m1/s1. The van der Waals surface area contributed by atoms with Crippen molar-refractivity contribution in [1.29, 1.82) is 10.5 Å². The van der Waals surface area contributed by atoms with Gasteiger partial charge in [0.05, 0.1) is 23.4 Å². The van der Waals surface area contributed by atoms with Crippen LogP contribution < -0.4 is 11.2 Å². The van der Waals surface area contributed by atoms with Crippen LogP contribution in [0.4, 0.5) is 13.2 Å². The van der Waals surface area contributed by atoms with E-state index in [9.17, 15) is 22.8 Å². The number of nitrogens with zero attached hydrogens (tertiary/aromatic N) is 5. The normalized spacial score (nSPS) is 12.6. The van der Waals surface area contributed by atoms with Gasteiger partial charge in [0.2, 0.25) is 0 Å². The average Bonchev–Trinajstić information content (AvgIpc) is 2.58. The minimum Gasteiger partial charge on any atom is -0.280 e. The number of nitriles is 2. The lowest BCUT2D eigenvalue weighted by atomic mass is 10.1. The van der Waals surface area contributed by atoms with Crippen LogP contribution >= 0.6 is 0 Å². The molecule has 0 unspecified atom stereocenters. The molecule has 0 spiro atoms. The van der Waals surface area contributed by atoms with Crippen LogP contribution in [-0.2, 0) is 19.8 Å². The van der Waals surface area contributed by atoms with Crippen molar-refractivity contribution >= 4 is 11.0 Å². The third-order valence-corrected chi connectivity index (χ3v) is 3.67. The maximum absolute atomic E-state index is 12.8. The Bertz CT molecular complexity index is 1010. The third-order valence-electron chi connectivity index (χ3n) is 3.67. The zero-order chi connectivity index (χ0) is 18.8. The third kappa shape index (κ3) is 3.53. The van der Waals surface area contributed by atoms with E-state index < -0.39 is 29.0 Å². The van der Waals surface area contributed by atoms with E-state index in [-0.39, 0.29) is 30.4 Å². The monoisotopic (exact) mass is 351 g/mol. The Balaban J connectivity index is 2.62. The lowest BCUT2D eigenvalue weighted by Gasteiger charge is -2.13. The second-order valence-corrected chi connectivity index (χ2v) is 5.35. The summed E-state index contributed by atoms with van der Waals surface area (Å²) in [4.78, 5) is 28.1. The Morgan fingerprint density at radius 2 is 1.96 bits per heavy atom. The predicted octanol–water partition coefficient (Wildman–Crippen LogP) is 1.56. The lowest BCUT2D eigenvalue weighted by molar-refractivity contribution is -0.141. The molecule has 0 N–H and O–H groups in total. The van der Waals surface area contributed by atoms with Crippen molar-refractivity contribution < 1.29 is 13.2 Å². The fourth-order valence-corrected chi connectivity index (χ4v) is 2.35. The number of hydrogen-bond acceptors (Lipinski definition) is 5. The van der Waals surface area contributed by atoms with Gasteiger partial charge in [-0.3, -0.25) is 13.9 Å². The van der Waals surface area contributed by atoms with Crippen LogP contribution in [0.5, 0.6) is 0 Å². The molecule has 0 fully saturated rings. The molecular weight excluding hydrogens is 339 g/mol. The van der Waals surface area contributed by atoms with E-state index >= 15 is 0 Å². The van der Waals surface area contributed by atoms with Crippen molar-refractivity contribution in [2.75, 3.05) is 0 Å². The van der Waals surface area contributed by atoms with E-state index in [1.165, 1.54) is 7.05 Å². The van der Waals surface area contributed by atoms with Crippen LogP contribution in [0, 0.1) is 28.6 Å². The number of pyridine rings is 1. The topological polar surface area (TPSA) is 104 Å². The molecule has 0 radical (unpaired) electrons. The fraction of sp³-hybridized carbons (Fsp3) is 0.400. The van der Waals surface area contributed by atoms with Crippen LogP contribution in [0.15, 0.2) is 21.7 Å². The summed E-state index contributed by atoms with van der Waals surface area (Å²) in [6.07, 6.45) is -4.45. The smallest absolute Gasteiger partial charge is 0.280 e. The van der Waals surface area contributed by atoms with Crippen LogP contribution in [0.25, 0.3) is 11.0 Å². The van der Waals surface area contributed by atoms with E-state index in [1.54, 1.807) is 0 Å². The predicted molar refractivity (Wildman–Crippen MR) is 80.2 cm³/mol. The molecule has 0 aliphatic rings. The fourth-order valence-electron chi connectivity index (χ4n) is 2.35. The number of alkyl halides is 3. The quantitative estimate of drug-likeness (QED) is 0.831. The van der Waals surface area contributed by atoms with Gasteiger partial charge in [-0.2, -0.15) is 23.7 Å². The molecule has 130 valence electrons. The van der Waals surface area contributed by atoms with E-state index in [4.69, 9.17) is 10.5 Å². The van der Waals surface area contributed by atoms with Gasteiger partial charge in [0, 0.05) is 20.0 Å². The minimum atomic E-state index is -4.71. The second kappa shape index (κ2) is 6.77. The van der Waals surface area contributed by atoms with E-state index in [0.717, 1.165) is 15.2 Å². The molecule has 0 amide bonds. The summed E-state index contributed by atoms with van der Waals surface area (Å²) in [7, 11) is 1.20. The molecule has 2 heterocycles. The van der Waals surface area contributed by atoms with Crippen molar-refractivity contribution in [3.05, 3.63) is 38.7 Å². The lowest BCUT2D eigenvalue weighted by Crippen LogP contribution is -2.41. The molecule has 0 aromatic carbocycles. The van der Waals surface area contributed by atoms with Crippen molar-refractivity contribution in [2.24, 2.45) is 13.0 Å². The summed E-state index contributed by atoms with van der Waals surface area (Å²) >= 11 is 0. The Kier molecular flexibility index (Phi) is 4.93. The number of hydrogen-bond donors (Lipinski definition) is 0. The molecule has 2 aromatic heterocycles. The van der Waals surface area contributed by atoms with Gasteiger partial charge >= 0.3 is 11.9 Å². The van der Waals surface area contributed by atoms with E-state index in [0.29, 0.717) is 6.07 Å². The molecule has 7 nitrogen and oxygen atoms in total. The van der Waals surface area contributed by atoms with Crippen molar-refractivity contribution in [1.82, 2.24) is 14.1 Å². The van der Waals surface area contributed by atoms with Gasteiger partial charge in [0.15, 0.2) is 0 Å². The molecule has 2 rings (SSSR count). The molecule has 0 saturated carbocycles. The number of rotatable bonds is 4. The average molecular weight is 351 g/mol. The highest BCUT2D eigenvalue weighted by Gasteiger charge is 2.33. The van der Waals surface area contributed by atoms with E-state index in [1.807, 2.05) is 12.1 Å². The molecule has 1 atom stereocenters. The molecule has 10 heteroatoms. The highest BCUT2D eigenvalue weighted by atomic mass is 19.4. The summed E-state index contributed by atoms with van der Waals surface area (Å²) in [5.41, 5.74) is -3.29. The van der Waals surface area contributed by atoms with Gasteiger partial charge < -0.3 is 0 Å². The zero-order valence-electron chi connectivity index (χ0n) is 13.0. The highest BCUT2D eigenvalue weighted by molar-refractivity contribution is 5.74. The van der Waals surface area contributed by atoms with Crippen molar-refractivity contribution in [3.63, 3.8) is 0 Å². The maximum atomic E-state index is 12.8. The second-order valence-electron chi connectivity index (χ2n) is 5.35. The first-order valence-electron chi connectivity index (χ1n) is 7.15. The van der Waals surface area contributed by atoms with Crippen LogP contribution in [0.3, 0.4) is 0 Å².